The van der Waals surface area contributed by atoms with Crippen molar-refractivity contribution in [3.8, 4) is 5.75 Å². The first-order valence-electron chi connectivity index (χ1n) is 10.9. The Bertz CT molecular complexity index is 1500. The van der Waals surface area contributed by atoms with Crippen LogP contribution in [0, 0.1) is 6.92 Å². The molecule has 8 nitrogen and oxygen atoms in total. The molecule has 0 saturated carbocycles. The van der Waals surface area contributed by atoms with Gasteiger partial charge in [-0.2, -0.15) is 4.31 Å². The maximum Gasteiger partial charge on any atom is 0.255 e. The number of carbonyl (C=O) groups is 1. The van der Waals surface area contributed by atoms with Gasteiger partial charge in [-0.3, -0.25) is 4.79 Å². The quantitative estimate of drug-likeness (QED) is 0.460. The second-order valence-electron chi connectivity index (χ2n) is 8.10. The lowest BCUT2D eigenvalue weighted by Gasteiger charge is -2.26. The standard InChI is InChI=1S/C25H24N2O6S/c1-16-7-8-17(13-24(16)34(29,30)27-9-11-32-12-10-27)25(28)26-20-15-22-19(14-23(20)31-2)18-5-3-4-6-21(18)33-22/h3-8,13-15H,9-12H2,1-2H3,(H,26,28). The Balaban J connectivity index is 1.48. The number of para-hydroxylation sites is 1. The minimum absolute atomic E-state index is 0.113. The Hall–Kier alpha value is -3.40. The van der Waals surface area contributed by atoms with Gasteiger partial charge >= 0.3 is 0 Å². The van der Waals surface area contributed by atoms with Crippen LogP contribution in [0.3, 0.4) is 0 Å². The summed E-state index contributed by atoms with van der Waals surface area (Å²) in [6, 6.07) is 15.9. The van der Waals surface area contributed by atoms with Crippen LogP contribution in [-0.2, 0) is 14.8 Å². The van der Waals surface area contributed by atoms with E-state index in [0.717, 1.165) is 16.4 Å². The number of carbonyl (C=O) groups excluding carboxylic acids is 1. The summed E-state index contributed by atoms with van der Waals surface area (Å²) in [5.74, 6) is 0.0212. The van der Waals surface area contributed by atoms with Gasteiger partial charge in [0.25, 0.3) is 5.91 Å². The summed E-state index contributed by atoms with van der Waals surface area (Å²) in [5.41, 5.74) is 2.57. The highest BCUT2D eigenvalue weighted by atomic mass is 32.2. The molecule has 3 aromatic carbocycles. The van der Waals surface area contributed by atoms with Crippen LogP contribution in [0.25, 0.3) is 21.9 Å². The fourth-order valence-corrected chi connectivity index (χ4v) is 5.82. The highest BCUT2D eigenvalue weighted by Crippen LogP contribution is 2.36. The maximum atomic E-state index is 13.2. The number of hydrogen-bond acceptors (Lipinski definition) is 6. The average Bonchev–Trinajstić information content (AvgIpc) is 3.21. The predicted molar refractivity (Wildman–Crippen MR) is 129 cm³/mol. The molecule has 176 valence electrons. The van der Waals surface area contributed by atoms with Gasteiger partial charge in [-0.05, 0) is 36.8 Å². The molecule has 0 atom stereocenters. The number of furan rings is 1. The Morgan fingerprint density at radius 3 is 2.53 bits per heavy atom. The smallest absolute Gasteiger partial charge is 0.255 e. The number of sulfonamides is 1. The Morgan fingerprint density at radius 1 is 1.00 bits per heavy atom. The van der Waals surface area contributed by atoms with E-state index in [4.69, 9.17) is 13.9 Å². The molecule has 1 aromatic heterocycles. The van der Waals surface area contributed by atoms with Gasteiger partial charge in [0.05, 0.1) is 30.9 Å². The van der Waals surface area contributed by atoms with Crippen LogP contribution in [0.5, 0.6) is 5.75 Å². The van der Waals surface area contributed by atoms with Gasteiger partial charge in [0.1, 0.15) is 16.9 Å². The third-order valence-electron chi connectivity index (χ3n) is 5.99. The highest BCUT2D eigenvalue weighted by Gasteiger charge is 2.28. The molecule has 0 bridgehead atoms. The molecule has 0 spiro atoms. The highest BCUT2D eigenvalue weighted by molar-refractivity contribution is 7.89. The zero-order valence-corrected chi connectivity index (χ0v) is 19.6. The fourth-order valence-electron chi connectivity index (χ4n) is 4.16. The average molecular weight is 481 g/mol. The van der Waals surface area contributed by atoms with E-state index in [-0.39, 0.29) is 23.5 Å². The Morgan fingerprint density at radius 2 is 1.76 bits per heavy atom. The first-order valence-corrected chi connectivity index (χ1v) is 12.3. The van der Waals surface area contributed by atoms with Crippen molar-refractivity contribution in [2.75, 3.05) is 38.7 Å². The topological polar surface area (TPSA) is 98.1 Å². The fraction of sp³-hybridized carbons (Fsp3) is 0.240. The summed E-state index contributed by atoms with van der Waals surface area (Å²) < 4.78 is 44.5. The van der Waals surface area contributed by atoms with E-state index in [2.05, 4.69) is 5.32 Å². The number of nitrogens with one attached hydrogen (secondary N) is 1. The summed E-state index contributed by atoms with van der Waals surface area (Å²) in [6.07, 6.45) is 0. The molecule has 1 fully saturated rings. The van der Waals surface area contributed by atoms with Crippen LogP contribution >= 0.6 is 0 Å². The number of nitrogens with zero attached hydrogens (tertiary/aromatic N) is 1. The van der Waals surface area contributed by atoms with E-state index in [1.807, 2.05) is 30.3 Å². The lowest BCUT2D eigenvalue weighted by molar-refractivity contribution is 0.0730. The van der Waals surface area contributed by atoms with Crippen LogP contribution in [0.15, 0.2) is 63.9 Å². The number of aryl methyl sites for hydroxylation is 1. The number of rotatable bonds is 5. The second-order valence-corrected chi connectivity index (χ2v) is 10.0. The zero-order valence-electron chi connectivity index (χ0n) is 18.8. The normalized spacial score (nSPS) is 15.0. The van der Waals surface area contributed by atoms with E-state index >= 15 is 0 Å². The van der Waals surface area contributed by atoms with Crippen LogP contribution in [0.1, 0.15) is 15.9 Å². The van der Waals surface area contributed by atoms with Crippen molar-refractivity contribution < 1.29 is 27.1 Å². The van der Waals surface area contributed by atoms with Gasteiger partial charge in [0.2, 0.25) is 10.0 Å². The predicted octanol–water partition coefficient (Wildman–Crippen LogP) is 4.18. The first kappa shape index (κ1) is 22.4. The molecule has 1 amide bonds. The summed E-state index contributed by atoms with van der Waals surface area (Å²) in [4.78, 5) is 13.2. The SMILES string of the molecule is COc1cc2c(cc1NC(=O)c1ccc(C)c(S(=O)(=O)N3CCOCC3)c1)oc1ccccc12. The van der Waals surface area contributed by atoms with E-state index < -0.39 is 15.9 Å². The lowest BCUT2D eigenvalue weighted by Crippen LogP contribution is -2.40. The van der Waals surface area contributed by atoms with E-state index in [0.29, 0.717) is 35.8 Å². The molecule has 1 N–H and O–H groups in total. The van der Waals surface area contributed by atoms with E-state index in [9.17, 15) is 13.2 Å². The Kier molecular flexibility index (Phi) is 5.76. The number of morpholine rings is 1. The number of methoxy groups -OCH3 is 1. The summed E-state index contributed by atoms with van der Waals surface area (Å²) in [6.45, 7) is 2.98. The summed E-state index contributed by atoms with van der Waals surface area (Å²) in [5, 5.41) is 4.66. The summed E-state index contributed by atoms with van der Waals surface area (Å²) in [7, 11) is -2.22. The zero-order chi connectivity index (χ0) is 23.9. The largest absolute Gasteiger partial charge is 0.495 e. The molecule has 1 aliphatic heterocycles. The molecule has 0 unspecified atom stereocenters. The van der Waals surface area contributed by atoms with Crippen LogP contribution in [0.2, 0.25) is 0 Å². The van der Waals surface area contributed by atoms with Crippen LogP contribution < -0.4 is 10.1 Å². The minimum Gasteiger partial charge on any atom is -0.495 e. The third kappa shape index (κ3) is 3.91. The van der Waals surface area contributed by atoms with E-state index in [1.54, 1.807) is 25.1 Å². The second kappa shape index (κ2) is 8.75. The Labute approximate surface area is 197 Å². The molecule has 9 heteroatoms. The van der Waals surface area contributed by atoms with Gasteiger partial charge in [-0.1, -0.05) is 24.3 Å². The molecule has 5 rings (SSSR count). The molecule has 2 heterocycles. The van der Waals surface area contributed by atoms with Crippen molar-refractivity contribution in [1.29, 1.82) is 0 Å². The van der Waals surface area contributed by atoms with Crippen molar-refractivity contribution in [3.63, 3.8) is 0 Å². The van der Waals surface area contributed by atoms with Crippen molar-refractivity contribution in [3.05, 3.63) is 65.7 Å². The number of fused-ring (bicyclic) bond motifs is 3. The first-order chi connectivity index (χ1) is 16.4. The molecule has 1 saturated heterocycles. The monoisotopic (exact) mass is 480 g/mol. The molecular weight excluding hydrogens is 456 g/mol. The number of ether oxygens (including phenoxy) is 2. The van der Waals surface area contributed by atoms with Gasteiger partial charge in [0.15, 0.2) is 0 Å². The molecule has 1 aliphatic rings. The van der Waals surface area contributed by atoms with Crippen molar-refractivity contribution >= 4 is 43.6 Å². The van der Waals surface area contributed by atoms with Crippen LogP contribution in [-0.4, -0.2) is 52.0 Å². The van der Waals surface area contributed by atoms with Gasteiger partial charge in [-0.15, -0.1) is 0 Å². The van der Waals surface area contributed by atoms with Crippen molar-refractivity contribution in [2.45, 2.75) is 11.8 Å². The van der Waals surface area contributed by atoms with Gasteiger partial charge in [-0.25, -0.2) is 8.42 Å². The molecule has 4 aromatic rings. The van der Waals surface area contributed by atoms with E-state index in [1.165, 1.54) is 17.5 Å². The van der Waals surface area contributed by atoms with Crippen molar-refractivity contribution in [2.24, 2.45) is 0 Å². The summed E-state index contributed by atoms with van der Waals surface area (Å²) >= 11 is 0. The lowest BCUT2D eigenvalue weighted by atomic mass is 10.1. The van der Waals surface area contributed by atoms with Gasteiger partial charge < -0.3 is 19.2 Å². The number of amides is 1. The molecular formula is C25H24N2O6S. The van der Waals surface area contributed by atoms with Crippen LogP contribution in [0.4, 0.5) is 5.69 Å². The number of benzene rings is 3. The number of hydrogen-bond donors (Lipinski definition) is 1. The minimum atomic E-state index is -3.74. The molecule has 0 radical (unpaired) electrons. The third-order valence-corrected chi connectivity index (χ3v) is 8.03. The molecule has 34 heavy (non-hydrogen) atoms. The molecule has 0 aliphatic carbocycles. The maximum absolute atomic E-state index is 13.2. The number of anilines is 1. The van der Waals surface area contributed by atoms with Crippen molar-refractivity contribution in [1.82, 2.24) is 4.31 Å². The van der Waals surface area contributed by atoms with Gasteiger partial charge in [0, 0.05) is 35.5 Å².